The molecule has 5 N–H and O–H groups in total. The molecule has 0 aliphatic carbocycles. The number of ether oxygens (including phenoxy) is 1. The van der Waals surface area contributed by atoms with E-state index >= 15 is 4.39 Å². The van der Waals surface area contributed by atoms with Gasteiger partial charge in [0, 0.05) is 65.2 Å². The molecule has 1 fully saturated rings. The summed E-state index contributed by atoms with van der Waals surface area (Å²) in [5, 5.41) is 14.8. The molecule has 0 radical (unpaired) electrons. The molecule has 1 unspecified atom stereocenters. The highest BCUT2D eigenvalue weighted by Gasteiger charge is 2.35. The van der Waals surface area contributed by atoms with Gasteiger partial charge in [0.05, 0.1) is 18.9 Å². The number of nitrogens with two attached hydrogens (primary N) is 1. The van der Waals surface area contributed by atoms with Gasteiger partial charge < -0.3 is 21.1 Å². The van der Waals surface area contributed by atoms with E-state index in [1.807, 2.05) is 50.8 Å². The quantitative estimate of drug-likeness (QED) is 0.126. The number of aryl methyl sites for hydroxylation is 2. The van der Waals surface area contributed by atoms with Crippen LogP contribution in [0.1, 0.15) is 64.9 Å². The lowest BCUT2D eigenvalue weighted by molar-refractivity contribution is -0.123. The Morgan fingerprint density at radius 3 is 2.47 bits per heavy atom. The molecule has 1 saturated heterocycles. The first-order valence-corrected chi connectivity index (χ1v) is 15.8. The number of piperidine rings is 1. The number of nitrogens with one attached hydrogen (secondary N) is 3. The highest BCUT2D eigenvalue weighted by Crippen LogP contribution is 2.28. The summed E-state index contributed by atoms with van der Waals surface area (Å²) in [6.45, 7) is 8.36. The number of pyridine rings is 1. The summed E-state index contributed by atoms with van der Waals surface area (Å²) < 4.78 is 20.5. The molecule has 2 heterocycles. The van der Waals surface area contributed by atoms with Gasteiger partial charge in [-0.15, -0.1) is 0 Å². The van der Waals surface area contributed by atoms with E-state index in [2.05, 4.69) is 15.6 Å². The number of carbonyl (C=O) groups excluding carboxylic acids is 2. The zero-order chi connectivity index (χ0) is 34.1. The zero-order valence-electron chi connectivity index (χ0n) is 27.6. The van der Waals surface area contributed by atoms with Crippen LogP contribution < -0.4 is 21.1 Å². The van der Waals surface area contributed by atoms with Crippen LogP contribution in [0.5, 0.6) is 5.75 Å². The van der Waals surface area contributed by atoms with Gasteiger partial charge in [-0.25, -0.2) is 4.39 Å². The van der Waals surface area contributed by atoms with Crippen LogP contribution >= 0.6 is 0 Å². The third kappa shape index (κ3) is 8.39. The Morgan fingerprint density at radius 1 is 1.02 bits per heavy atom. The number of nitrogens with zero attached hydrogens (tertiary/aromatic N) is 2. The third-order valence-corrected chi connectivity index (χ3v) is 8.17. The van der Waals surface area contributed by atoms with E-state index in [-0.39, 0.29) is 30.1 Å². The average Bonchev–Trinajstić information content (AvgIpc) is 3.08. The largest absolute Gasteiger partial charge is 0.496 e. The Balaban J connectivity index is 0.00000245. The van der Waals surface area contributed by atoms with Gasteiger partial charge in [0.2, 0.25) is 5.91 Å². The molecule has 0 saturated carbocycles. The van der Waals surface area contributed by atoms with E-state index in [0.29, 0.717) is 53.1 Å². The maximum atomic E-state index is 15.0. The Labute approximate surface area is 275 Å². The lowest BCUT2D eigenvalue weighted by atomic mass is 9.95. The van der Waals surface area contributed by atoms with Crippen LogP contribution in [-0.2, 0) is 11.3 Å². The van der Waals surface area contributed by atoms with Crippen molar-refractivity contribution in [3.63, 3.8) is 0 Å². The second kappa shape index (κ2) is 16.0. The number of rotatable bonds is 9. The molecule has 0 bridgehead atoms. The van der Waals surface area contributed by atoms with Crippen LogP contribution in [0, 0.1) is 25.1 Å². The van der Waals surface area contributed by atoms with Crippen LogP contribution in [0.4, 0.5) is 15.8 Å². The molecule has 3 aromatic carbocycles. The normalized spacial score (nSPS) is 16.0. The van der Waals surface area contributed by atoms with Crippen LogP contribution in [-0.4, -0.2) is 53.1 Å². The van der Waals surface area contributed by atoms with Crippen LogP contribution in [0.15, 0.2) is 79.1 Å². The number of amides is 2. The van der Waals surface area contributed by atoms with Crippen LogP contribution in [0.2, 0.25) is 0 Å². The summed E-state index contributed by atoms with van der Waals surface area (Å²) >= 11 is 0. The molecule has 1 aromatic heterocycles. The SMILES string of the molecule is CC.COc1cccc(F)c1CN1C[C@H](NC(=O)c2ccc(N)c(C(=N)c3ccncc3)c2)CCC1C(=O)Nc1ccc(C)cc1C. The fourth-order valence-corrected chi connectivity index (χ4v) is 5.75. The predicted octanol–water partition coefficient (Wildman–Crippen LogP) is 6.27. The van der Waals surface area contributed by atoms with Gasteiger partial charge in [0.15, 0.2) is 0 Å². The molecule has 47 heavy (non-hydrogen) atoms. The number of halogens is 1. The molecule has 4 aromatic rings. The fourth-order valence-electron chi connectivity index (χ4n) is 5.75. The molecule has 1 aliphatic heterocycles. The number of hydrogen-bond acceptors (Lipinski definition) is 7. The van der Waals surface area contributed by atoms with Crippen molar-refractivity contribution in [3.05, 3.63) is 118 Å². The molecule has 10 heteroatoms. The standard InChI is InChI=1S/C35H37FN6O3.C2H6/c1-21-7-11-30(22(2)17-21)41-35(44)31-12-9-25(19-42(31)20-27-28(36)5-4-6-32(27)45-3)40-34(43)24-8-10-29(37)26(18-24)33(38)23-13-15-39-16-14-23;1-2/h4-8,10-11,13-18,25,31,38H,9,12,19-20,37H2,1-3H3,(H,40,43)(H,41,44);1-2H3/t25-,31?;/m1./s1. The number of likely N-dealkylation sites (tertiary alicyclic amines) is 1. The van der Waals surface area contributed by atoms with E-state index in [9.17, 15) is 9.59 Å². The first-order chi connectivity index (χ1) is 22.6. The summed E-state index contributed by atoms with van der Waals surface area (Å²) in [6, 6.07) is 17.9. The zero-order valence-corrected chi connectivity index (χ0v) is 27.6. The average molecular weight is 639 g/mol. The second-order valence-corrected chi connectivity index (χ2v) is 11.3. The van der Waals surface area contributed by atoms with E-state index in [4.69, 9.17) is 15.9 Å². The van der Waals surface area contributed by atoms with Gasteiger partial charge in [0.25, 0.3) is 5.91 Å². The van der Waals surface area contributed by atoms with Gasteiger partial charge in [-0.2, -0.15) is 0 Å². The van der Waals surface area contributed by atoms with Gasteiger partial charge in [-0.3, -0.25) is 24.9 Å². The molecule has 2 atom stereocenters. The van der Waals surface area contributed by atoms with Gasteiger partial charge in [0.1, 0.15) is 11.6 Å². The summed E-state index contributed by atoms with van der Waals surface area (Å²) in [6.07, 6.45) is 4.17. The highest BCUT2D eigenvalue weighted by molar-refractivity contribution is 6.14. The Kier molecular flexibility index (Phi) is 11.8. The third-order valence-electron chi connectivity index (χ3n) is 8.17. The van der Waals surface area contributed by atoms with E-state index < -0.39 is 11.9 Å². The smallest absolute Gasteiger partial charge is 0.251 e. The number of hydrogen-bond donors (Lipinski definition) is 4. The van der Waals surface area contributed by atoms with Crippen molar-refractivity contribution >= 4 is 28.9 Å². The Morgan fingerprint density at radius 2 is 1.77 bits per heavy atom. The van der Waals surface area contributed by atoms with Crippen LogP contribution in [0.25, 0.3) is 0 Å². The van der Waals surface area contributed by atoms with Crippen molar-refractivity contribution in [1.82, 2.24) is 15.2 Å². The minimum Gasteiger partial charge on any atom is -0.496 e. The predicted molar refractivity (Wildman–Crippen MR) is 185 cm³/mol. The van der Waals surface area contributed by atoms with Gasteiger partial charge in [-0.05, 0) is 80.8 Å². The van der Waals surface area contributed by atoms with Crippen molar-refractivity contribution in [3.8, 4) is 5.75 Å². The van der Waals surface area contributed by atoms with E-state index in [1.54, 1.807) is 54.9 Å². The van der Waals surface area contributed by atoms with Crippen LogP contribution in [0.3, 0.4) is 0 Å². The highest BCUT2D eigenvalue weighted by atomic mass is 19.1. The monoisotopic (exact) mass is 638 g/mol. The summed E-state index contributed by atoms with van der Waals surface area (Å²) in [4.78, 5) is 33.0. The number of aromatic nitrogens is 1. The molecule has 0 spiro atoms. The Bertz CT molecular complexity index is 1730. The van der Waals surface area contributed by atoms with Gasteiger partial charge in [-0.1, -0.05) is 37.6 Å². The maximum absolute atomic E-state index is 15.0. The summed E-state index contributed by atoms with van der Waals surface area (Å²) in [7, 11) is 1.48. The number of carbonyl (C=O) groups is 2. The summed E-state index contributed by atoms with van der Waals surface area (Å²) in [5.41, 5.74) is 11.3. The van der Waals surface area contributed by atoms with Gasteiger partial charge >= 0.3 is 0 Å². The minimum atomic E-state index is -0.563. The molecular weight excluding hydrogens is 595 g/mol. The topological polar surface area (TPSA) is 133 Å². The fraction of sp³-hybridized carbons (Fsp3) is 0.297. The number of benzene rings is 3. The lowest BCUT2D eigenvalue weighted by Gasteiger charge is -2.39. The summed E-state index contributed by atoms with van der Waals surface area (Å²) in [5.74, 6) is -0.564. The number of anilines is 2. The lowest BCUT2D eigenvalue weighted by Crippen LogP contribution is -2.55. The van der Waals surface area contributed by atoms with Crippen molar-refractivity contribution < 1.29 is 18.7 Å². The van der Waals surface area contributed by atoms with Crippen molar-refractivity contribution in [1.29, 1.82) is 5.41 Å². The minimum absolute atomic E-state index is 0.113. The van der Waals surface area contributed by atoms with E-state index in [1.165, 1.54) is 13.2 Å². The van der Waals surface area contributed by atoms with Crippen molar-refractivity contribution in [2.24, 2.45) is 0 Å². The molecular formula is C37H43FN6O3. The molecule has 2 amide bonds. The number of methoxy groups -OCH3 is 1. The first-order valence-electron chi connectivity index (χ1n) is 15.8. The van der Waals surface area contributed by atoms with Crippen molar-refractivity contribution in [2.75, 3.05) is 24.7 Å². The second-order valence-electron chi connectivity index (χ2n) is 11.3. The Hall–Kier alpha value is -5.09. The molecule has 9 nitrogen and oxygen atoms in total. The maximum Gasteiger partial charge on any atom is 0.251 e. The number of nitrogen functional groups attached to an aromatic ring is 1. The van der Waals surface area contributed by atoms with E-state index in [0.717, 1.165) is 16.8 Å². The van der Waals surface area contributed by atoms with Crippen molar-refractivity contribution in [2.45, 2.75) is 59.2 Å². The molecule has 1 aliphatic rings. The first kappa shape index (κ1) is 34.8. The molecule has 5 rings (SSSR count). The molecule has 246 valence electrons.